The van der Waals surface area contributed by atoms with E-state index in [1.807, 2.05) is 42.3 Å². The fourth-order valence-corrected chi connectivity index (χ4v) is 2.66. The molecule has 1 aromatic carbocycles. The summed E-state index contributed by atoms with van der Waals surface area (Å²) >= 11 is 0. The summed E-state index contributed by atoms with van der Waals surface area (Å²) < 4.78 is 8.50. The monoisotopic (exact) mass is 312 g/mol. The zero-order chi connectivity index (χ0) is 16.6. The van der Waals surface area contributed by atoms with Crippen LogP contribution in [0.5, 0.6) is 0 Å². The van der Waals surface area contributed by atoms with Gasteiger partial charge in [-0.05, 0) is 23.6 Å². The minimum absolute atomic E-state index is 0.362. The van der Waals surface area contributed by atoms with Crippen molar-refractivity contribution in [2.75, 3.05) is 7.11 Å². The number of methoxy groups -OCH3 is 1. The van der Waals surface area contributed by atoms with Gasteiger partial charge >= 0.3 is 5.97 Å². The number of carbonyl (C=O) groups is 1. The van der Waals surface area contributed by atoms with Gasteiger partial charge in [0.25, 0.3) is 0 Å². The molecule has 0 fully saturated rings. The van der Waals surface area contributed by atoms with Crippen LogP contribution in [0.15, 0.2) is 30.6 Å². The Morgan fingerprint density at radius 3 is 2.70 bits per heavy atom. The van der Waals surface area contributed by atoms with Gasteiger partial charge in [0.2, 0.25) is 0 Å². The number of nitrogens with zero attached hydrogens (tertiary/aromatic N) is 4. The van der Waals surface area contributed by atoms with Gasteiger partial charge in [-0.15, -0.1) is 0 Å². The topological polar surface area (TPSA) is 61.9 Å². The highest BCUT2D eigenvalue weighted by molar-refractivity contribution is 6.03. The summed E-state index contributed by atoms with van der Waals surface area (Å²) in [7, 11) is 3.26. The zero-order valence-corrected chi connectivity index (χ0v) is 13.8. The van der Waals surface area contributed by atoms with Gasteiger partial charge in [0.1, 0.15) is 0 Å². The molecule has 120 valence electrons. The predicted octanol–water partition coefficient (Wildman–Crippen LogP) is 2.88. The molecule has 0 N–H and O–H groups in total. The van der Waals surface area contributed by atoms with Crippen LogP contribution < -0.4 is 0 Å². The molecule has 0 saturated carbocycles. The zero-order valence-electron chi connectivity index (χ0n) is 13.8. The van der Waals surface area contributed by atoms with E-state index in [2.05, 4.69) is 24.0 Å². The van der Waals surface area contributed by atoms with E-state index in [0.717, 1.165) is 28.6 Å². The number of carbonyl (C=O) groups excluding carboxylic acids is 1. The van der Waals surface area contributed by atoms with E-state index in [1.165, 1.54) is 7.11 Å². The normalized spacial score (nSPS) is 11.3. The van der Waals surface area contributed by atoms with Crippen LogP contribution in [0.2, 0.25) is 0 Å². The fourth-order valence-electron chi connectivity index (χ4n) is 2.66. The van der Waals surface area contributed by atoms with Crippen LogP contribution in [0.1, 0.15) is 24.3 Å². The number of hydrogen-bond donors (Lipinski definition) is 0. The summed E-state index contributed by atoms with van der Waals surface area (Å²) in [5.74, 6) is 0.0114. The van der Waals surface area contributed by atoms with E-state index >= 15 is 0 Å². The summed E-state index contributed by atoms with van der Waals surface area (Å²) in [6.07, 6.45) is 3.79. The minimum Gasteiger partial charge on any atom is -0.464 e. The molecule has 0 spiro atoms. The van der Waals surface area contributed by atoms with E-state index in [1.54, 1.807) is 4.68 Å². The van der Waals surface area contributed by atoms with Gasteiger partial charge in [-0.3, -0.25) is 9.36 Å². The van der Waals surface area contributed by atoms with E-state index in [0.29, 0.717) is 11.6 Å². The van der Waals surface area contributed by atoms with E-state index in [-0.39, 0.29) is 0 Å². The van der Waals surface area contributed by atoms with Crippen molar-refractivity contribution in [2.45, 2.75) is 20.4 Å². The van der Waals surface area contributed by atoms with Gasteiger partial charge in [-0.2, -0.15) is 10.2 Å². The summed E-state index contributed by atoms with van der Waals surface area (Å²) in [5, 5.41) is 9.48. The minimum atomic E-state index is -0.411. The Morgan fingerprint density at radius 2 is 2.09 bits per heavy atom. The molecular formula is C17H20N4O2. The Morgan fingerprint density at radius 1 is 1.30 bits per heavy atom. The molecule has 0 aliphatic rings. The first-order valence-corrected chi connectivity index (χ1v) is 7.57. The molecule has 23 heavy (non-hydrogen) atoms. The largest absolute Gasteiger partial charge is 0.464 e. The first-order chi connectivity index (χ1) is 11.0. The molecule has 0 unspecified atom stereocenters. The Kier molecular flexibility index (Phi) is 3.90. The summed E-state index contributed by atoms with van der Waals surface area (Å²) in [4.78, 5) is 12.0. The number of aryl methyl sites for hydroxylation is 1. The van der Waals surface area contributed by atoms with Crippen molar-refractivity contribution in [3.8, 4) is 11.1 Å². The van der Waals surface area contributed by atoms with Crippen molar-refractivity contribution in [1.29, 1.82) is 0 Å². The van der Waals surface area contributed by atoms with Crippen molar-refractivity contribution in [1.82, 2.24) is 19.6 Å². The van der Waals surface area contributed by atoms with Gasteiger partial charge in [-0.25, -0.2) is 4.79 Å². The highest BCUT2D eigenvalue weighted by Crippen LogP contribution is 2.27. The molecule has 0 aliphatic heterocycles. The maximum atomic E-state index is 12.0. The highest BCUT2D eigenvalue weighted by atomic mass is 16.5. The first-order valence-electron chi connectivity index (χ1n) is 7.57. The molecule has 6 nitrogen and oxygen atoms in total. The third-order valence-corrected chi connectivity index (χ3v) is 3.71. The molecule has 0 saturated heterocycles. The second kappa shape index (κ2) is 5.87. The maximum Gasteiger partial charge on any atom is 0.359 e. The molecule has 6 heteroatoms. The number of ether oxygens (including phenoxy) is 1. The van der Waals surface area contributed by atoms with Crippen LogP contribution in [-0.4, -0.2) is 32.6 Å². The molecule has 2 aromatic heterocycles. The molecule has 0 radical (unpaired) electrons. The van der Waals surface area contributed by atoms with Crippen molar-refractivity contribution >= 4 is 16.9 Å². The highest BCUT2D eigenvalue weighted by Gasteiger charge is 2.19. The van der Waals surface area contributed by atoms with Crippen molar-refractivity contribution in [3.05, 3.63) is 36.3 Å². The lowest BCUT2D eigenvalue weighted by Gasteiger charge is -2.07. The summed E-state index contributed by atoms with van der Waals surface area (Å²) in [6.45, 7) is 4.98. The maximum absolute atomic E-state index is 12.0. The van der Waals surface area contributed by atoms with E-state index in [9.17, 15) is 4.79 Å². The number of fused-ring (bicyclic) bond motifs is 1. The molecule has 0 aliphatic carbocycles. The van der Waals surface area contributed by atoms with Crippen molar-refractivity contribution < 1.29 is 9.53 Å². The third-order valence-electron chi connectivity index (χ3n) is 3.71. The van der Waals surface area contributed by atoms with Crippen LogP contribution in [-0.2, 0) is 18.3 Å². The Hall–Kier alpha value is -2.63. The van der Waals surface area contributed by atoms with Gasteiger partial charge in [-0.1, -0.05) is 19.9 Å². The number of aromatic nitrogens is 4. The second-order valence-electron chi connectivity index (χ2n) is 6.05. The van der Waals surface area contributed by atoms with Crippen molar-refractivity contribution in [2.24, 2.45) is 13.0 Å². The van der Waals surface area contributed by atoms with Crippen LogP contribution in [0.25, 0.3) is 22.0 Å². The molecular weight excluding hydrogens is 292 g/mol. The lowest BCUT2D eigenvalue weighted by molar-refractivity contribution is 0.0595. The Bertz CT molecular complexity index is 861. The SMILES string of the molecule is COC(=O)c1nn(CC(C)C)c2cc(-c3cnn(C)c3)ccc12. The average molecular weight is 312 g/mol. The van der Waals surface area contributed by atoms with Crippen molar-refractivity contribution in [3.63, 3.8) is 0 Å². The summed E-state index contributed by atoms with van der Waals surface area (Å²) in [5.41, 5.74) is 3.37. The van der Waals surface area contributed by atoms with E-state index < -0.39 is 5.97 Å². The number of esters is 1. The molecule has 0 bridgehead atoms. The van der Waals surface area contributed by atoms with Gasteiger partial charge < -0.3 is 4.74 Å². The van der Waals surface area contributed by atoms with Crippen LogP contribution in [0, 0.1) is 5.92 Å². The number of rotatable bonds is 4. The van der Waals surface area contributed by atoms with Gasteiger partial charge in [0.15, 0.2) is 5.69 Å². The molecule has 0 amide bonds. The van der Waals surface area contributed by atoms with Crippen LogP contribution >= 0.6 is 0 Å². The second-order valence-corrected chi connectivity index (χ2v) is 6.05. The Labute approximate surface area is 134 Å². The molecule has 2 heterocycles. The van der Waals surface area contributed by atoms with Gasteiger partial charge in [0, 0.05) is 30.7 Å². The first kappa shape index (κ1) is 15.3. The lowest BCUT2D eigenvalue weighted by atomic mass is 10.1. The molecule has 0 atom stereocenters. The third kappa shape index (κ3) is 2.84. The van der Waals surface area contributed by atoms with Gasteiger partial charge in [0.05, 0.1) is 18.8 Å². The molecule has 3 aromatic rings. The lowest BCUT2D eigenvalue weighted by Crippen LogP contribution is -2.08. The van der Waals surface area contributed by atoms with E-state index in [4.69, 9.17) is 4.74 Å². The quantitative estimate of drug-likeness (QED) is 0.695. The number of hydrogen-bond acceptors (Lipinski definition) is 4. The predicted molar refractivity (Wildman–Crippen MR) is 88.1 cm³/mol. The van der Waals surface area contributed by atoms with Crippen LogP contribution in [0.4, 0.5) is 0 Å². The smallest absolute Gasteiger partial charge is 0.359 e. The average Bonchev–Trinajstić information content (AvgIpc) is 3.10. The van der Waals surface area contributed by atoms with Crippen LogP contribution in [0.3, 0.4) is 0 Å². The standard InChI is InChI=1S/C17H20N4O2/c1-11(2)9-21-15-7-12(13-8-18-20(3)10-13)5-6-14(15)16(19-21)17(22)23-4/h5-8,10-11H,9H2,1-4H3. The summed E-state index contributed by atoms with van der Waals surface area (Å²) in [6, 6.07) is 5.95. The molecule has 3 rings (SSSR count). The Balaban J connectivity index is 2.17. The number of benzene rings is 1. The fraction of sp³-hybridized carbons (Fsp3) is 0.353.